The van der Waals surface area contributed by atoms with Crippen molar-refractivity contribution in [2.45, 2.75) is 52.5 Å². The third-order valence-corrected chi connectivity index (χ3v) is 4.60. The smallest absolute Gasteiger partial charge is 0.410 e. The van der Waals surface area contributed by atoms with Crippen molar-refractivity contribution in [1.29, 1.82) is 0 Å². The molecule has 1 saturated heterocycles. The third kappa shape index (κ3) is 2.93. The Balaban J connectivity index is 2.08. The Morgan fingerprint density at radius 3 is 2.68 bits per heavy atom. The number of nitrogens with zero attached hydrogens (tertiary/aromatic N) is 1. The highest BCUT2D eigenvalue weighted by molar-refractivity contribution is 5.81. The maximum absolute atomic E-state index is 12.0. The van der Waals surface area contributed by atoms with Crippen molar-refractivity contribution in [2.75, 3.05) is 13.2 Å². The van der Waals surface area contributed by atoms with Gasteiger partial charge >= 0.3 is 6.09 Å². The fraction of sp³-hybridized carbons (Fsp3) is 0.867. The van der Waals surface area contributed by atoms with Crippen molar-refractivity contribution in [1.82, 2.24) is 4.90 Å². The first-order chi connectivity index (χ1) is 9.04. The fourth-order valence-corrected chi connectivity index (χ4v) is 3.54. The molecular weight excluding hydrogens is 242 g/mol. The number of hydrogen-bond donors (Lipinski definition) is 0. The van der Waals surface area contributed by atoms with Gasteiger partial charge in [0, 0.05) is 24.9 Å². The summed E-state index contributed by atoms with van der Waals surface area (Å²) in [6.45, 7) is 6.86. The second kappa shape index (κ2) is 5.93. The van der Waals surface area contributed by atoms with Crippen molar-refractivity contribution in [2.24, 2.45) is 17.8 Å². The molecule has 0 radical (unpaired) electrons. The normalized spacial score (nSPS) is 29.7. The van der Waals surface area contributed by atoms with Gasteiger partial charge in [0.15, 0.2) is 0 Å². The molecule has 0 spiro atoms. The molecule has 0 N–H and O–H groups in total. The average Bonchev–Trinajstić information content (AvgIpc) is 2.91. The van der Waals surface area contributed by atoms with Crippen LogP contribution in [0.15, 0.2) is 0 Å². The maximum Gasteiger partial charge on any atom is 0.410 e. The molecule has 1 heterocycles. The molecule has 4 nitrogen and oxygen atoms in total. The molecule has 0 aromatic heterocycles. The molecule has 1 aliphatic carbocycles. The van der Waals surface area contributed by atoms with Gasteiger partial charge in [-0.05, 0) is 31.6 Å². The van der Waals surface area contributed by atoms with E-state index in [4.69, 9.17) is 4.74 Å². The van der Waals surface area contributed by atoms with Crippen LogP contribution in [0.4, 0.5) is 4.79 Å². The average molecular weight is 267 g/mol. The van der Waals surface area contributed by atoms with Gasteiger partial charge in [0.2, 0.25) is 0 Å². The Kier molecular flexibility index (Phi) is 4.48. The number of hydrogen-bond acceptors (Lipinski definition) is 3. The first-order valence-electron chi connectivity index (χ1n) is 7.50. The van der Waals surface area contributed by atoms with Gasteiger partial charge in [-0.15, -0.1) is 0 Å². The number of Topliss-reactive ketones (excluding diaryl/α,β-unsaturated/α-hetero) is 1. The number of rotatable bonds is 4. The number of carbonyl (C=O) groups excluding carboxylic acids is 2. The second-order valence-electron chi connectivity index (χ2n) is 6.10. The van der Waals surface area contributed by atoms with Crippen molar-refractivity contribution in [3.05, 3.63) is 0 Å². The lowest BCUT2D eigenvalue weighted by atomic mass is 9.89. The minimum absolute atomic E-state index is 0.0458. The summed E-state index contributed by atoms with van der Waals surface area (Å²) in [4.78, 5) is 25.9. The first kappa shape index (κ1) is 14.4. The SMILES string of the molecule is CCOC(=O)N1CC2CCCC2C1CC(=O)C(C)C. The number of fused-ring (bicyclic) bond motifs is 1. The summed E-state index contributed by atoms with van der Waals surface area (Å²) in [7, 11) is 0. The summed E-state index contributed by atoms with van der Waals surface area (Å²) in [5.74, 6) is 1.39. The minimum Gasteiger partial charge on any atom is -0.450 e. The Morgan fingerprint density at radius 2 is 2.05 bits per heavy atom. The van der Waals surface area contributed by atoms with Gasteiger partial charge in [-0.2, -0.15) is 0 Å². The highest BCUT2D eigenvalue weighted by Crippen LogP contribution is 2.43. The number of carbonyl (C=O) groups is 2. The van der Waals surface area contributed by atoms with E-state index in [9.17, 15) is 9.59 Å². The van der Waals surface area contributed by atoms with Gasteiger partial charge in [0.05, 0.1) is 6.61 Å². The lowest BCUT2D eigenvalue weighted by Crippen LogP contribution is -2.40. The van der Waals surface area contributed by atoms with Gasteiger partial charge in [-0.1, -0.05) is 20.3 Å². The topological polar surface area (TPSA) is 46.6 Å². The summed E-state index contributed by atoms with van der Waals surface area (Å²) in [5, 5.41) is 0. The fourth-order valence-electron chi connectivity index (χ4n) is 3.54. The number of likely N-dealkylation sites (tertiary alicyclic amines) is 1. The standard InChI is InChI=1S/C15H25NO3/c1-4-19-15(18)16-9-11-6-5-7-12(11)13(16)8-14(17)10(2)3/h10-13H,4-9H2,1-3H3. The zero-order chi connectivity index (χ0) is 14.0. The van der Waals surface area contributed by atoms with E-state index in [2.05, 4.69) is 0 Å². The zero-order valence-corrected chi connectivity index (χ0v) is 12.2. The molecule has 0 aromatic carbocycles. The molecule has 2 aliphatic rings. The molecule has 3 atom stereocenters. The second-order valence-corrected chi connectivity index (χ2v) is 6.10. The molecule has 1 aliphatic heterocycles. The van der Waals surface area contributed by atoms with Crippen LogP contribution in [-0.4, -0.2) is 36.0 Å². The summed E-state index contributed by atoms with van der Waals surface area (Å²) in [6, 6.07) is 0.0708. The van der Waals surface area contributed by atoms with Gasteiger partial charge < -0.3 is 9.64 Å². The maximum atomic E-state index is 12.0. The first-order valence-corrected chi connectivity index (χ1v) is 7.50. The van der Waals surface area contributed by atoms with E-state index < -0.39 is 0 Å². The molecule has 2 rings (SSSR count). The molecule has 108 valence electrons. The minimum atomic E-state index is -0.238. The highest BCUT2D eigenvalue weighted by Gasteiger charge is 2.47. The quantitative estimate of drug-likeness (QED) is 0.787. The van der Waals surface area contributed by atoms with Crippen molar-refractivity contribution < 1.29 is 14.3 Å². The van der Waals surface area contributed by atoms with Crippen LogP contribution in [0.1, 0.15) is 46.5 Å². The zero-order valence-electron chi connectivity index (χ0n) is 12.2. The summed E-state index contributed by atoms with van der Waals surface area (Å²) in [5.41, 5.74) is 0. The Bertz CT molecular complexity index is 353. The van der Waals surface area contributed by atoms with E-state index in [-0.39, 0.29) is 23.8 Å². The lowest BCUT2D eigenvalue weighted by molar-refractivity contribution is -0.123. The van der Waals surface area contributed by atoms with Crippen LogP contribution < -0.4 is 0 Å². The molecule has 4 heteroatoms. The van der Waals surface area contributed by atoms with E-state index in [0.717, 1.165) is 13.0 Å². The highest BCUT2D eigenvalue weighted by atomic mass is 16.6. The van der Waals surface area contributed by atoms with Gasteiger partial charge in [0.25, 0.3) is 0 Å². The van der Waals surface area contributed by atoms with E-state index in [1.165, 1.54) is 12.8 Å². The van der Waals surface area contributed by atoms with E-state index in [1.54, 1.807) is 0 Å². The molecule has 3 unspecified atom stereocenters. The van der Waals surface area contributed by atoms with Crippen LogP contribution in [0.25, 0.3) is 0 Å². The van der Waals surface area contributed by atoms with Crippen molar-refractivity contribution in [3.63, 3.8) is 0 Å². The Labute approximate surface area is 115 Å². The molecule has 0 aromatic rings. The van der Waals surface area contributed by atoms with Crippen LogP contribution in [0, 0.1) is 17.8 Å². The van der Waals surface area contributed by atoms with E-state index in [1.807, 2.05) is 25.7 Å². The van der Waals surface area contributed by atoms with Gasteiger partial charge in [-0.3, -0.25) is 4.79 Å². The van der Waals surface area contributed by atoms with Crippen LogP contribution in [-0.2, 0) is 9.53 Å². The Morgan fingerprint density at radius 1 is 1.32 bits per heavy atom. The monoisotopic (exact) mass is 267 g/mol. The molecular formula is C15H25NO3. The van der Waals surface area contributed by atoms with E-state index in [0.29, 0.717) is 24.9 Å². The van der Waals surface area contributed by atoms with E-state index >= 15 is 0 Å². The molecule has 19 heavy (non-hydrogen) atoms. The Hall–Kier alpha value is -1.06. The van der Waals surface area contributed by atoms with Gasteiger partial charge in [-0.25, -0.2) is 4.79 Å². The van der Waals surface area contributed by atoms with Crippen molar-refractivity contribution >= 4 is 11.9 Å². The predicted molar refractivity (Wildman–Crippen MR) is 72.8 cm³/mol. The lowest BCUT2D eigenvalue weighted by Gasteiger charge is -2.27. The van der Waals surface area contributed by atoms with Crippen LogP contribution in [0.3, 0.4) is 0 Å². The largest absolute Gasteiger partial charge is 0.450 e. The summed E-state index contributed by atoms with van der Waals surface area (Å²) in [6.07, 6.45) is 3.83. The summed E-state index contributed by atoms with van der Waals surface area (Å²) >= 11 is 0. The van der Waals surface area contributed by atoms with Crippen molar-refractivity contribution in [3.8, 4) is 0 Å². The van der Waals surface area contributed by atoms with Crippen LogP contribution in [0.2, 0.25) is 0 Å². The number of ketones is 1. The molecule has 1 saturated carbocycles. The third-order valence-electron chi connectivity index (χ3n) is 4.60. The van der Waals surface area contributed by atoms with Crippen LogP contribution in [0.5, 0.6) is 0 Å². The number of ether oxygens (including phenoxy) is 1. The molecule has 0 bridgehead atoms. The number of amides is 1. The summed E-state index contributed by atoms with van der Waals surface area (Å²) < 4.78 is 5.14. The van der Waals surface area contributed by atoms with Crippen LogP contribution >= 0.6 is 0 Å². The molecule has 1 amide bonds. The predicted octanol–water partition coefficient (Wildman–Crippen LogP) is 2.86. The molecule has 2 fully saturated rings. The van der Waals surface area contributed by atoms with Gasteiger partial charge in [0.1, 0.15) is 5.78 Å².